The number of rotatable bonds is 2. The molecule has 2 N–H and O–H groups in total. The average molecular weight is 235 g/mol. The fourth-order valence-electron chi connectivity index (χ4n) is 1.98. The maximum absolute atomic E-state index is 12.3. The van der Waals surface area contributed by atoms with E-state index in [1.54, 1.807) is 18.2 Å². The maximum Gasteiger partial charge on any atom is 0.272 e. The van der Waals surface area contributed by atoms with Crippen LogP contribution in [0.3, 0.4) is 0 Å². The van der Waals surface area contributed by atoms with Gasteiger partial charge in [-0.1, -0.05) is 13.0 Å². The van der Waals surface area contributed by atoms with Crippen molar-refractivity contribution in [2.75, 3.05) is 25.5 Å². The first-order chi connectivity index (χ1) is 8.22. The summed E-state index contributed by atoms with van der Waals surface area (Å²) in [5.74, 6) is 0.310. The summed E-state index contributed by atoms with van der Waals surface area (Å²) in [4.78, 5) is 18.2. The van der Waals surface area contributed by atoms with E-state index < -0.39 is 0 Å². The number of anilines is 1. The van der Waals surface area contributed by atoms with Gasteiger partial charge in [-0.3, -0.25) is 4.79 Å². The van der Waals surface area contributed by atoms with Crippen LogP contribution < -0.4 is 5.73 Å². The van der Waals surface area contributed by atoms with Gasteiger partial charge in [0.1, 0.15) is 11.5 Å². The minimum absolute atomic E-state index is 0.0625. The molecule has 1 aliphatic heterocycles. The Morgan fingerprint density at radius 1 is 1.65 bits per heavy atom. The number of hydrogen-bond donors (Lipinski definition) is 1. The highest BCUT2D eigenvalue weighted by Crippen LogP contribution is 2.14. The molecule has 0 saturated carbocycles. The molecule has 1 amide bonds. The molecule has 1 aromatic heterocycles. The van der Waals surface area contributed by atoms with Gasteiger partial charge >= 0.3 is 0 Å². The molecule has 0 unspecified atom stereocenters. The zero-order chi connectivity index (χ0) is 12.3. The number of nitrogens with zero attached hydrogens (tertiary/aromatic N) is 2. The largest absolute Gasteiger partial charge is 0.384 e. The van der Waals surface area contributed by atoms with Crippen molar-refractivity contribution in [3.8, 4) is 0 Å². The third-order valence-corrected chi connectivity index (χ3v) is 2.95. The highest BCUT2D eigenvalue weighted by molar-refractivity contribution is 5.92. The Hall–Kier alpha value is -1.62. The molecule has 1 aliphatic rings. The molecule has 0 spiro atoms. The molecule has 2 heterocycles. The second-order valence-corrected chi connectivity index (χ2v) is 4.08. The van der Waals surface area contributed by atoms with Gasteiger partial charge in [0.15, 0.2) is 0 Å². The molecule has 92 valence electrons. The summed E-state index contributed by atoms with van der Waals surface area (Å²) >= 11 is 0. The molecule has 1 aromatic rings. The van der Waals surface area contributed by atoms with Crippen LogP contribution in [0.4, 0.5) is 5.82 Å². The Balaban J connectivity index is 2.18. The number of ether oxygens (including phenoxy) is 1. The second kappa shape index (κ2) is 5.14. The van der Waals surface area contributed by atoms with Crippen molar-refractivity contribution in [1.82, 2.24) is 9.88 Å². The van der Waals surface area contributed by atoms with Gasteiger partial charge in [0, 0.05) is 6.54 Å². The molecule has 5 heteroatoms. The van der Waals surface area contributed by atoms with E-state index >= 15 is 0 Å². The van der Waals surface area contributed by atoms with Crippen LogP contribution in [0.2, 0.25) is 0 Å². The number of aromatic nitrogens is 1. The van der Waals surface area contributed by atoms with Crippen molar-refractivity contribution in [3.05, 3.63) is 23.9 Å². The number of nitrogen functional groups attached to an aromatic ring is 1. The number of hydrogen-bond acceptors (Lipinski definition) is 4. The van der Waals surface area contributed by atoms with Crippen molar-refractivity contribution >= 4 is 11.7 Å². The molecule has 17 heavy (non-hydrogen) atoms. The summed E-state index contributed by atoms with van der Waals surface area (Å²) < 4.78 is 5.37. The molecular formula is C12H17N3O2. The third kappa shape index (κ3) is 2.55. The van der Waals surface area contributed by atoms with Crippen LogP contribution in [0, 0.1) is 0 Å². The van der Waals surface area contributed by atoms with Crippen LogP contribution in [-0.2, 0) is 4.74 Å². The summed E-state index contributed by atoms with van der Waals surface area (Å²) in [7, 11) is 0. The van der Waals surface area contributed by atoms with Crippen LogP contribution in [0.25, 0.3) is 0 Å². The zero-order valence-electron chi connectivity index (χ0n) is 9.93. The number of amides is 1. The first-order valence-electron chi connectivity index (χ1n) is 5.83. The lowest BCUT2D eigenvalue weighted by Crippen LogP contribution is -2.48. The molecule has 0 aliphatic carbocycles. The normalized spacial score (nSPS) is 20.3. The minimum atomic E-state index is -0.0625. The smallest absolute Gasteiger partial charge is 0.272 e. The van der Waals surface area contributed by atoms with Crippen LogP contribution in [-0.4, -0.2) is 41.6 Å². The Bertz CT molecular complexity index is 408. The SMILES string of the molecule is CC[C@H]1COCCN1C(=O)c1cccc(N)n1. The summed E-state index contributed by atoms with van der Waals surface area (Å²) in [6.07, 6.45) is 0.883. The summed E-state index contributed by atoms with van der Waals surface area (Å²) in [6, 6.07) is 5.25. The van der Waals surface area contributed by atoms with Crippen LogP contribution >= 0.6 is 0 Å². The number of nitrogens with two attached hydrogens (primary N) is 1. The molecule has 0 aromatic carbocycles. The van der Waals surface area contributed by atoms with E-state index in [4.69, 9.17) is 10.5 Å². The van der Waals surface area contributed by atoms with E-state index in [-0.39, 0.29) is 11.9 Å². The van der Waals surface area contributed by atoms with Crippen molar-refractivity contribution in [1.29, 1.82) is 0 Å². The first kappa shape index (κ1) is 11.9. The highest BCUT2D eigenvalue weighted by Gasteiger charge is 2.27. The van der Waals surface area contributed by atoms with Crippen molar-refractivity contribution in [2.45, 2.75) is 19.4 Å². The molecule has 1 fully saturated rings. The predicted molar refractivity (Wildman–Crippen MR) is 64.6 cm³/mol. The number of carbonyl (C=O) groups is 1. The van der Waals surface area contributed by atoms with E-state index in [1.807, 2.05) is 11.8 Å². The van der Waals surface area contributed by atoms with Gasteiger partial charge in [-0.05, 0) is 18.6 Å². The van der Waals surface area contributed by atoms with Crippen LogP contribution in [0.15, 0.2) is 18.2 Å². The summed E-state index contributed by atoms with van der Waals surface area (Å²) in [5.41, 5.74) is 5.99. The fourth-order valence-corrected chi connectivity index (χ4v) is 1.98. The topological polar surface area (TPSA) is 68.5 Å². The first-order valence-corrected chi connectivity index (χ1v) is 5.83. The van der Waals surface area contributed by atoms with E-state index in [0.717, 1.165) is 6.42 Å². The Morgan fingerprint density at radius 3 is 3.18 bits per heavy atom. The summed E-state index contributed by atoms with van der Waals surface area (Å²) in [5, 5.41) is 0. The minimum Gasteiger partial charge on any atom is -0.384 e. The highest BCUT2D eigenvalue weighted by atomic mass is 16.5. The Morgan fingerprint density at radius 2 is 2.47 bits per heavy atom. The van der Waals surface area contributed by atoms with Gasteiger partial charge < -0.3 is 15.4 Å². The van der Waals surface area contributed by atoms with Gasteiger partial charge in [-0.2, -0.15) is 0 Å². The van der Waals surface area contributed by atoms with Crippen LogP contribution in [0.5, 0.6) is 0 Å². The second-order valence-electron chi connectivity index (χ2n) is 4.08. The van der Waals surface area contributed by atoms with Gasteiger partial charge in [0.25, 0.3) is 5.91 Å². The van der Waals surface area contributed by atoms with Gasteiger partial charge in [-0.25, -0.2) is 4.98 Å². The van der Waals surface area contributed by atoms with E-state index in [9.17, 15) is 4.79 Å². The van der Waals surface area contributed by atoms with E-state index in [1.165, 1.54) is 0 Å². The van der Waals surface area contributed by atoms with Gasteiger partial charge in [0.05, 0.1) is 19.3 Å². The predicted octanol–water partition coefficient (Wildman–Crippen LogP) is 0.915. The Kier molecular flexibility index (Phi) is 3.58. The Labute approximate surface area is 101 Å². The maximum atomic E-state index is 12.3. The summed E-state index contributed by atoms with van der Waals surface area (Å²) in [6.45, 7) is 3.86. The molecule has 2 rings (SSSR count). The lowest BCUT2D eigenvalue weighted by molar-refractivity contribution is -0.00309. The van der Waals surface area contributed by atoms with Gasteiger partial charge in [-0.15, -0.1) is 0 Å². The molecule has 1 saturated heterocycles. The fraction of sp³-hybridized carbons (Fsp3) is 0.500. The van der Waals surface area contributed by atoms with E-state index in [0.29, 0.717) is 31.3 Å². The number of morpholine rings is 1. The lowest BCUT2D eigenvalue weighted by Gasteiger charge is -2.34. The molecule has 0 radical (unpaired) electrons. The van der Waals surface area contributed by atoms with Crippen molar-refractivity contribution < 1.29 is 9.53 Å². The number of carbonyl (C=O) groups excluding carboxylic acids is 1. The third-order valence-electron chi connectivity index (χ3n) is 2.95. The molecule has 0 bridgehead atoms. The number of pyridine rings is 1. The van der Waals surface area contributed by atoms with Crippen molar-refractivity contribution in [2.24, 2.45) is 0 Å². The van der Waals surface area contributed by atoms with Gasteiger partial charge in [0.2, 0.25) is 0 Å². The quantitative estimate of drug-likeness (QED) is 0.827. The monoisotopic (exact) mass is 235 g/mol. The molecule has 5 nitrogen and oxygen atoms in total. The van der Waals surface area contributed by atoms with Crippen molar-refractivity contribution in [3.63, 3.8) is 0 Å². The van der Waals surface area contributed by atoms with E-state index in [2.05, 4.69) is 4.98 Å². The standard InChI is InChI=1S/C12H17N3O2/c1-2-9-8-17-7-6-15(9)12(16)10-4-3-5-11(13)14-10/h3-5,9H,2,6-8H2,1H3,(H2,13,14)/t9-/m0/s1. The zero-order valence-corrected chi connectivity index (χ0v) is 9.93. The molecular weight excluding hydrogens is 218 g/mol. The molecule has 1 atom stereocenters. The average Bonchev–Trinajstić information content (AvgIpc) is 2.38. The van der Waals surface area contributed by atoms with Crippen LogP contribution in [0.1, 0.15) is 23.8 Å². The lowest BCUT2D eigenvalue weighted by atomic mass is 10.1.